The molecule has 0 aliphatic carbocycles. The van der Waals surface area contributed by atoms with Crippen LogP contribution >= 0.6 is 0 Å². The van der Waals surface area contributed by atoms with Gasteiger partial charge in [0.1, 0.15) is 5.75 Å². The van der Waals surface area contributed by atoms with Crippen LogP contribution in [0, 0.1) is 5.92 Å². The van der Waals surface area contributed by atoms with E-state index in [1.165, 1.54) is 0 Å². The molecule has 2 aliphatic heterocycles. The number of amides is 1. The Labute approximate surface area is 161 Å². The number of hydrogen-bond acceptors (Lipinski definition) is 5. The average molecular weight is 397 g/mol. The third-order valence-electron chi connectivity index (χ3n) is 5.19. The Morgan fingerprint density at radius 3 is 2.30 bits per heavy atom. The molecule has 1 atom stereocenters. The summed E-state index contributed by atoms with van der Waals surface area (Å²) in [7, 11) is -3.48. The van der Waals surface area contributed by atoms with Crippen LogP contribution in [-0.4, -0.2) is 69.0 Å². The summed E-state index contributed by atoms with van der Waals surface area (Å²) in [6.45, 7) is 7.20. The van der Waals surface area contributed by atoms with Gasteiger partial charge in [0.15, 0.2) is 6.10 Å². The smallest absolute Gasteiger partial charge is 0.263 e. The summed E-state index contributed by atoms with van der Waals surface area (Å²) >= 11 is 0. The van der Waals surface area contributed by atoms with E-state index >= 15 is 0 Å². The van der Waals surface area contributed by atoms with Crippen LogP contribution in [0.2, 0.25) is 0 Å². The zero-order chi connectivity index (χ0) is 19.4. The number of carbonyl (C=O) groups is 1. The molecule has 7 nitrogen and oxygen atoms in total. The first-order chi connectivity index (χ1) is 12.9. The Hall–Kier alpha value is -1.64. The van der Waals surface area contributed by atoms with E-state index in [1.807, 2.05) is 0 Å². The van der Waals surface area contributed by atoms with Crippen molar-refractivity contribution in [2.45, 2.75) is 37.7 Å². The Morgan fingerprint density at radius 1 is 1.11 bits per heavy atom. The zero-order valence-corrected chi connectivity index (χ0v) is 16.8. The van der Waals surface area contributed by atoms with Crippen molar-refractivity contribution in [2.75, 3.05) is 39.4 Å². The monoisotopic (exact) mass is 396 g/mol. The van der Waals surface area contributed by atoms with Crippen LogP contribution in [-0.2, 0) is 19.6 Å². The Morgan fingerprint density at radius 2 is 1.70 bits per heavy atom. The van der Waals surface area contributed by atoms with E-state index in [9.17, 15) is 13.2 Å². The fourth-order valence-electron chi connectivity index (χ4n) is 3.36. The molecule has 0 saturated carbocycles. The molecule has 2 fully saturated rings. The van der Waals surface area contributed by atoms with Gasteiger partial charge in [0.05, 0.1) is 18.1 Å². The number of rotatable bonds is 5. The molecule has 0 radical (unpaired) electrons. The normalized spacial score (nSPS) is 21.0. The fraction of sp³-hybridized carbons (Fsp3) is 0.632. The quantitative estimate of drug-likeness (QED) is 0.758. The summed E-state index contributed by atoms with van der Waals surface area (Å²) in [5.74, 6) is 0.963. The molecular weight excluding hydrogens is 368 g/mol. The van der Waals surface area contributed by atoms with Gasteiger partial charge >= 0.3 is 0 Å². The van der Waals surface area contributed by atoms with Gasteiger partial charge in [0.25, 0.3) is 5.91 Å². The van der Waals surface area contributed by atoms with Crippen LogP contribution < -0.4 is 4.74 Å². The summed E-state index contributed by atoms with van der Waals surface area (Å²) in [6, 6.07) is 6.33. The molecule has 0 N–H and O–H groups in total. The third kappa shape index (κ3) is 4.80. The predicted molar refractivity (Wildman–Crippen MR) is 101 cm³/mol. The minimum atomic E-state index is -3.48. The molecule has 3 rings (SSSR count). The average Bonchev–Trinajstić information content (AvgIpc) is 2.69. The van der Waals surface area contributed by atoms with Crippen molar-refractivity contribution >= 4 is 15.9 Å². The molecule has 2 saturated heterocycles. The molecule has 0 unspecified atom stereocenters. The molecule has 0 aromatic heterocycles. The van der Waals surface area contributed by atoms with Crippen molar-refractivity contribution in [3.05, 3.63) is 24.3 Å². The maximum absolute atomic E-state index is 12.8. The summed E-state index contributed by atoms with van der Waals surface area (Å²) in [6.07, 6.45) is 1.15. The minimum Gasteiger partial charge on any atom is -0.481 e. The van der Waals surface area contributed by atoms with Crippen molar-refractivity contribution in [2.24, 2.45) is 5.92 Å². The van der Waals surface area contributed by atoms with Crippen molar-refractivity contribution < 1.29 is 22.7 Å². The largest absolute Gasteiger partial charge is 0.481 e. The molecule has 8 heteroatoms. The zero-order valence-electron chi connectivity index (χ0n) is 16.0. The third-order valence-corrected chi connectivity index (χ3v) is 7.10. The molecule has 2 heterocycles. The van der Waals surface area contributed by atoms with Crippen LogP contribution in [0.5, 0.6) is 5.75 Å². The lowest BCUT2D eigenvalue weighted by atomic mass is 10.0. The predicted octanol–water partition coefficient (Wildman–Crippen LogP) is 1.73. The maximum atomic E-state index is 12.8. The van der Waals surface area contributed by atoms with E-state index in [0.717, 1.165) is 12.8 Å². The first-order valence-corrected chi connectivity index (χ1v) is 11.0. The maximum Gasteiger partial charge on any atom is 0.263 e. The summed E-state index contributed by atoms with van der Waals surface area (Å²) in [5.41, 5.74) is 0. The number of ether oxygens (including phenoxy) is 2. The Bertz CT molecular complexity index is 736. The Balaban J connectivity index is 1.62. The van der Waals surface area contributed by atoms with Crippen LogP contribution in [0.3, 0.4) is 0 Å². The highest BCUT2D eigenvalue weighted by Gasteiger charge is 2.28. The van der Waals surface area contributed by atoms with Gasteiger partial charge in [0, 0.05) is 26.2 Å². The van der Waals surface area contributed by atoms with Gasteiger partial charge in [-0.05, 0) is 49.9 Å². The van der Waals surface area contributed by atoms with Gasteiger partial charge < -0.3 is 14.4 Å². The first kappa shape index (κ1) is 20.1. The number of carbonyl (C=O) groups excluding carboxylic acids is 1. The van der Waals surface area contributed by atoms with Crippen molar-refractivity contribution in [1.29, 1.82) is 0 Å². The summed E-state index contributed by atoms with van der Waals surface area (Å²) in [5, 5.41) is 0. The molecule has 2 aliphatic rings. The molecule has 1 aromatic rings. The van der Waals surface area contributed by atoms with Crippen LogP contribution in [0.4, 0.5) is 0 Å². The molecule has 27 heavy (non-hydrogen) atoms. The van der Waals surface area contributed by atoms with E-state index in [2.05, 4.69) is 6.92 Å². The summed E-state index contributed by atoms with van der Waals surface area (Å²) in [4.78, 5) is 14.4. The summed E-state index contributed by atoms with van der Waals surface area (Å²) < 4.78 is 38.0. The second-order valence-corrected chi connectivity index (χ2v) is 9.19. The van der Waals surface area contributed by atoms with E-state index in [-0.39, 0.29) is 10.8 Å². The van der Waals surface area contributed by atoms with Gasteiger partial charge in [-0.25, -0.2) is 8.42 Å². The first-order valence-electron chi connectivity index (χ1n) is 9.51. The van der Waals surface area contributed by atoms with Crippen LogP contribution in [0.25, 0.3) is 0 Å². The number of hydrogen-bond donors (Lipinski definition) is 0. The van der Waals surface area contributed by atoms with Gasteiger partial charge in [-0.1, -0.05) is 6.92 Å². The number of morpholine rings is 1. The van der Waals surface area contributed by atoms with Crippen molar-refractivity contribution in [1.82, 2.24) is 9.21 Å². The second-order valence-electron chi connectivity index (χ2n) is 7.26. The van der Waals surface area contributed by atoms with Crippen molar-refractivity contribution in [3.8, 4) is 5.75 Å². The number of benzene rings is 1. The molecule has 0 spiro atoms. The van der Waals surface area contributed by atoms with Crippen LogP contribution in [0.1, 0.15) is 26.7 Å². The lowest BCUT2D eigenvalue weighted by Gasteiger charge is -2.30. The highest BCUT2D eigenvalue weighted by Crippen LogP contribution is 2.25. The molecular formula is C19H28N2O5S. The fourth-order valence-corrected chi connectivity index (χ4v) is 4.83. The minimum absolute atomic E-state index is 0.0857. The Kier molecular flexibility index (Phi) is 6.39. The highest BCUT2D eigenvalue weighted by molar-refractivity contribution is 7.89. The van der Waals surface area contributed by atoms with E-state index < -0.39 is 16.1 Å². The van der Waals surface area contributed by atoms with Gasteiger partial charge in [-0.3, -0.25) is 4.79 Å². The number of sulfonamides is 1. The van der Waals surface area contributed by atoms with E-state index in [0.29, 0.717) is 51.1 Å². The SMILES string of the molecule is CC1CCN(S(=O)(=O)c2ccc(O[C@H](C)C(=O)N3CCOCC3)cc2)CC1. The van der Waals surface area contributed by atoms with Crippen LogP contribution in [0.15, 0.2) is 29.2 Å². The highest BCUT2D eigenvalue weighted by atomic mass is 32.2. The number of piperidine rings is 1. The number of nitrogens with zero attached hydrogens (tertiary/aromatic N) is 2. The standard InChI is InChI=1S/C19H28N2O5S/c1-15-7-9-21(10-8-15)27(23,24)18-5-3-17(4-6-18)26-16(2)19(22)20-11-13-25-14-12-20/h3-6,15-16H,7-14H2,1-2H3/t16-/m1/s1. The molecule has 0 bridgehead atoms. The molecule has 1 aromatic carbocycles. The lowest BCUT2D eigenvalue weighted by Crippen LogP contribution is -2.46. The topological polar surface area (TPSA) is 76.2 Å². The lowest BCUT2D eigenvalue weighted by molar-refractivity contribution is -0.142. The van der Waals surface area contributed by atoms with Gasteiger partial charge in [-0.2, -0.15) is 4.31 Å². The van der Waals surface area contributed by atoms with E-state index in [4.69, 9.17) is 9.47 Å². The second kappa shape index (κ2) is 8.58. The van der Waals surface area contributed by atoms with Gasteiger partial charge in [-0.15, -0.1) is 0 Å². The molecule has 1 amide bonds. The van der Waals surface area contributed by atoms with Crippen molar-refractivity contribution in [3.63, 3.8) is 0 Å². The van der Waals surface area contributed by atoms with Gasteiger partial charge in [0.2, 0.25) is 10.0 Å². The molecule has 150 valence electrons. The van der Waals surface area contributed by atoms with E-state index in [1.54, 1.807) is 40.4 Å².